The summed E-state index contributed by atoms with van der Waals surface area (Å²) >= 11 is 0. The zero-order valence-electron chi connectivity index (χ0n) is 21.6. The number of carbonyl (C=O) groups is 1. The Labute approximate surface area is 226 Å². The number of aromatic nitrogens is 1. The van der Waals surface area contributed by atoms with Crippen LogP contribution in [0, 0.1) is 6.92 Å². The molecule has 1 heterocycles. The maximum atomic E-state index is 13.1. The minimum atomic E-state index is -4.91. The van der Waals surface area contributed by atoms with E-state index in [9.17, 15) is 31.1 Å². The third-order valence-electron chi connectivity index (χ3n) is 6.13. The molecule has 1 amide bonds. The molecule has 4 rings (SSSR count). The molecule has 11 heteroatoms. The summed E-state index contributed by atoms with van der Waals surface area (Å²) in [4.78, 5) is 18.8. The fourth-order valence-corrected chi connectivity index (χ4v) is 4.27. The number of rotatable bonds is 8. The maximum Gasteiger partial charge on any atom is 0.416 e. The first kappa shape index (κ1) is 28.9. The molecule has 0 aliphatic heterocycles. The van der Waals surface area contributed by atoms with Crippen molar-refractivity contribution in [2.75, 3.05) is 25.5 Å². The molecule has 0 fully saturated rings. The predicted molar refractivity (Wildman–Crippen MR) is 141 cm³/mol. The number of likely N-dealkylation sites (N-methyl/N-ethyl adjacent to an activating group) is 1. The Balaban J connectivity index is 1.38. The number of para-hydroxylation sites is 1. The van der Waals surface area contributed by atoms with Crippen molar-refractivity contribution in [3.05, 3.63) is 101 Å². The van der Waals surface area contributed by atoms with E-state index in [4.69, 9.17) is 0 Å². The number of carbonyl (C=O) groups excluding carboxylic acids is 1. The summed E-state index contributed by atoms with van der Waals surface area (Å²) in [6, 6.07) is 18.0. The highest BCUT2D eigenvalue weighted by molar-refractivity contribution is 5.96. The second kappa shape index (κ2) is 11.5. The third kappa shape index (κ3) is 7.29. The molecule has 3 aromatic carbocycles. The highest BCUT2D eigenvalue weighted by Gasteiger charge is 2.36. The number of anilines is 2. The van der Waals surface area contributed by atoms with Gasteiger partial charge in [0.05, 0.1) is 16.6 Å². The summed E-state index contributed by atoms with van der Waals surface area (Å²) in [5.41, 5.74) is 0.729. The zero-order valence-corrected chi connectivity index (χ0v) is 21.6. The molecule has 2 N–H and O–H groups in total. The molecule has 0 saturated heterocycles. The Kier molecular flexibility index (Phi) is 8.34. The number of pyridine rings is 1. The number of alkyl halides is 6. The van der Waals surface area contributed by atoms with Gasteiger partial charge >= 0.3 is 12.4 Å². The van der Waals surface area contributed by atoms with Gasteiger partial charge in [-0.25, -0.2) is 0 Å². The van der Waals surface area contributed by atoms with Gasteiger partial charge in [0, 0.05) is 47.7 Å². The van der Waals surface area contributed by atoms with E-state index in [0.717, 1.165) is 22.3 Å². The summed E-state index contributed by atoms with van der Waals surface area (Å²) in [7, 11) is 1.55. The Morgan fingerprint density at radius 1 is 0.875 bits per heavy atom. The van der Waals surface area contributed by atoms with Crippen LogP contribution in [0.4, 0.5) is 37.7 Å². The van der Waals surface area contributed by atoms with E-state index < -0.39 is 23.5 Å². The maximum absolute atomic E-state index is 13.1. The quantitative estimate of drug-likeness (QED) is 0.224. The lowest BCUT2D eigenvalue weighted by molar-refractivity contribution is -0.143. The SMILES string of the molecule is Cc1cc(Nc2cccc(C(=O)NCCN(C)Cc3cc(C(F)(F)F)cc(C(F)(F)F)c3)c2)c2ccccc2n1. The first-order valence-electron chi connectivity index (χ1n) is 12.3. The summed E-state index contributed by atoms with van der Waals surface area (Å²) in [6.07, 6.45) is -9.81. The van der Waals surface area contributed by atoms with Crippen LogP contribution in [0.25, 0.3) is 10.9 Å². The predicted octanol–water partition coefficient (Wildman–Crippen LogP) is 7.19. The standard InChI is InChI=1S/C29H26F6N4O/c1-18-12-26(24-8-3-4-9-25(24)37-18)38-23-7-5-6-20(15-23)27(40)36-10-11-39(2)17-19-13-21(28(30,31)32)16-22(14-19)29(33,34)35/h3-9,12-16H,10-11,17H2,1-2H3,(H,36,40)(H,37,38). The lowest BCUT2D eigenvalue weighted by Gasteiger charge is -2.19. The fraction of sp³-hybridized carbons (Fsp3) is 0.241. The topological polar surface area (TPSA) is 57.3 Å². The van der Waals surface area contributed by atoms with E-state index in [-0.39, 0.29) is 37.2 Å². The monoisotopic (exact) mass is 560 g/mol. The number of benzene rings is 3. The van der Waals surface area contributed by atoms with Crippen LogP contribution in [-0.2, 0) is 18.9 Å². The number of amides is 1. The lowest BCUT2D eigenvalue weighted by Crippen LogP contribution is -2.32. The van der Waals surface area contributed by atoms with Gasteiger partial charge in [0.1, 0.15) is 0 Å². The van der Waals surface area contributed by atoms with Crippen molar-refractivity contribution < 1.29 is 31.1 Å². The summed E-state index contributed by atoms with van der Waals surface area (Å²) < 4.78 is 78.8. The average Bonchev–Trinajstić information content (AvgIpc) is 2.87. The second-order valence-corrected chi connectivity index (χ2v) is 9.44. The normalized spacial score (nSPS) is 12.1. The zero-order chi connectivity index (χ0) is 29.1. The van der Waals surface area contributed by atoms with E-state index in [1.54, 1.807) is 25.2 Å². The second-order valence-electron chi connectivity index (χ2n) is 9.44. The number of fused-ring (bicyclic) bond motifs is 1. The van der Waals surface area contributed by atoms with Crippen molar-refractivity contribution in [1.82, 2.24) is 15.2 Å². The highest BCUT2D eigenvalue weighted by atomic mass is 19.4. The van der Waals surface area contributed by atoms with Crippen LogP contribution >= 0.6 is 0 Å². The van der Waals surface area contributed by atoms with E-state index in [1.807, 2.05) is 43.3 Å². The number of nitrogens with zero attached hydrogens (tertiary/aromatic N) is 2. The molecule has 0 spiro atoms. The summed E-state index contributed by atoms with van der Waals surface area (Å²) in [6.45, 7) is 2.05. The number of hydrogen-bond acceptors (Lipinski definition) is 4. The molecule has 0 atom stereocenters. The van der Waals surface area contributed by atoms with Gasteiger partial charge in [-0.15, -0.1) is 0 Å². The van der Waals surface area contributed by atoms with Gasteiger partial charge in [0.15, 0.2) is 0 Å². The van der Waals surface area contributed by atoms with E-state index in [0.29, 0.717) is 23.4 Å². The first-order chi connectivity index (χ1) is 18.8. The van der Waals surface area contributed by atoms with Crippen LogP contribution in [0.1, 0.15) is 32.7 Å². The van der Waals surface area contributed by atoms with Crippen LogP contribution in [0.5, 0.6) is 0 Å². The number of nitrogens with one attached hydrogen (secondary N) is 2. The highest BCUT2D eigenvalue weighted by Crippen LogP contribution is 2.36. The Hall–Kier alpha value is -4.12. The summed E-state index contributed by atoms with van der Waals surface area (Å²) in [5, 5.41) is 6.99. The molecule has 0 saturated carbocycles. The van der Waals surface area contributed by atoms with E-state index in [1.165, 1.54) is 4.90 Å². The van der Waals surface area contributed by atoms with Crippen LogP contribution in [0.3, 0.4) is 0 Å². The minimum Gasteiger partial charge on any atom is -0.355 e. The van der Waals surface area contributed by atoms with Crippen LogP contribution in [0.15, 0.2) is 72.8 Å². The Morgan fingerprint density at radius 3 is 2.23 bits per heavy atom. The molecular weight excluding hydrogens is 534 g/mol. The van der Waals surface area contributed by atoms with Gasteiger partial charge in [0.2, 0.25) is 0 Å². The van der Waals surface area contributed by atoms with Gasteiger partial charge in [-0.3, -0.25) is 9.78 Å². The minimum absolute atomic E-state index is 0.102. The molecule has 0 unspecified atom stereocenters. The van der Waals surface area contributed by atoms with Crippen LogP contribution < -0.4 is 10.6 Å². The number of halogens is 6. The van der Waals surface area contributed by atoms with Gasteiger partial charge < -0.3 is 15.5 Å². The number of hydrogen-bond donors (Lipinski definition) is 2. The van der Waals surface area contributed by atoms with Crippen molar-refractivity contribution in [1.29, 1.82) is 0 Å². The molecule has 0 aliphatic rings. The molecular formula is C29H26F6N4O. The molecule has 210 valence electrons. The average molecular weight is 561 g/mol. The molecule has 0 aliphatic carbocycles. The molecule has 4 aromatic rings. The van der Waals surface area contributed by atoms with Crippen molar-refractivity contribution in [2.45, 2.75) is 25.8 Å². The smallest absolute Gasteiger partial charge is 0.355 e. The molecule has 0 bridgehead atoms. The van der Waals surface area contributed by atoms with Crippen molar-refractivity contribution in [3.63, 3.8) is 0 Å². The van der Waals surface area contributed by atoms with Gasteiger partial charge in [-0.1, -0.05) is 24.3 Å². The first-order valence-corrected chi connectivity index (χ1v) is 12.3. The van der Waals surface area contributed by atoms with E-state index in [2.05, 4.69) is 15.6 Å². The number of aryl methyl sites for hydroxylation is 1. The van der Waals surface area contributed by atoms with E-state index >= 15 is 0 Å². The van der Waals surface area contributed by atoms with Crippen molar-refractivity contribution in [2.24, 2.45) is 0 Å². The Morgan fingerprint density at radius 2 is 1.55 bits per heavy atom. The third-order valence-corrected chi connectivity index (χ3v) is 6.13. The lowest BCUT2D eigenvalue weighted by atomic mass is 10.0. The van der Waals surface area contributed by atoms with Crippen molar-refractivity contribution in [3.8, 4) is 0 Å². The van der Waals surface area contributed by atoms with Crippen molar-refractivity contribution >= 4 is 28.2 Å². The fourth-order valence-electron chi connectivity index (χ4n) is 4.27. The van der Waals surface area contributed by atoms with Crippen LogP contribution in [-0.4, -0.2) is 35.9 Å². The van der Waals surface area contributed by atoms with Gasteiger partial charge in [-0.05, 0) is 68.1 Å². The molecule has 1 aromatic heterocycles. The summed E-state index contributed by atoms with van der Waals surface area (Å²) in [5.74, 6) is -0.369. The molecule has 0 radical (unpaired) electrons. The largest absolute Gasteiger partial charge is 0.416 e. The molecule has 5 nitrogen and oxygen atoms in total. The Bertz CT molecular complexity index is 1480. The van der Waals surface area contributed by atoms with Gasteiger partial charge in [0.25, 0.3) is 5.91 Å². The molecule has 40 heavy (non-hydrogen) atoms. The van der Waals surface area contributed by atoms with Crippen LogP contribution in [0.2, 0.25) is 0 Å². The van der Waals surface area contributed by atoms with Gasteiger partial charge in [-0.2, -0.15) is 26.3 Å².